The molecule has 0 bridgehead atoms. The van der Waals surface area contributed by atoms with Crippen molar-refractivity contribution in [2.24, 2.45) is 0 Å². The van der Waals surface area contributed by atoms with Gasteiger partial charge in [0.2, 0.25) is 10.0 Å². The van der Waals surface area contributed by atoms with E-state index in [0.29, 0.717) is 32.1 Å². The number of thioether (sulfide) groups is 1. The summed E-state index contributed by atoms with van der Waals surface area (Å²) in [6.07, 6.45) is 0. The number of anilines is 1. The minimum Gasteiger partial charge on any atom is -0.484 e. The number of hydrogen-bond donors (Lipinski definition) is 1. The zero-order valence-electron chi connectivity index (χ0n) is 18.6. The lowest BCUT2D eigenvalue weighted by Gasteiger charge is -2.26. The SMILES string of the molecule is O=C(COc1ccc(S(=O)(=O)N2CCOCC2)cc1)Nc1ccccc1SCc1ccccc1. The first-order valence-electron chi connectivity index (χ1n) is 10.9. The maximum absolute atomic E-state index is 12.7. The first-order chi connectivity index (χ1) is 16.5. The largest absolute Gasteiger partial charge is 0.484 e. The zero-order valence-corrected chi connectivity index (χ0v) is 20.2. The van der Waals surface area contributed by atoms with Crippen molar-refractivity contribution in [1.29, 1.82) is 0 Å². The van der Waals surface area contributed by atoms with Gasteiger partial charge < -0.3 is 14.8 Å². The van der Waals surface area contributed by atoms with Gasteiger partial charge in [0, 0.05) is 23.7 Å². The molecule has 3 aromatic carbocycles. The van der Waals surface area contributed by atoms with Crippen molar-refractivity contribution in [3.05, 3.63) is 84.4 Å². The van der Waals surface area contributed by atoms with E-state index in [1.54, 1.807) is 23.9 Å². The Morgan fingerprint density at radius 1 is 0.941 bits per heavy atom. The van der Waals surface area contributed by atoms with E-state index in [1.807, 2.05) is 42.5 Å². The zero-order chi connectivity index (χ0) is 23.8. The Kier molecular flexibility index (Phi) is 8.23. The number of benzene rings is 3. The number of carbonyl (C=O) groups excluding carboxylic acids is 1. The van der Waals surface area contributed by atoms with E-state index < -0.39 is 10.0 Å². The van der Waals surface area contributed by atoms with Gasteiger partial charge in [-0.25, -0.2) is 8.42 Å². The molecule has 1 saturated heterocycles. The van der Waals surface area contributed by atoms with E-state index in [0.717, 1.165) is 16.3 Å². The predicted octanol–water partition coefficient (Wildman–Crippen LogP) is 4.02. The molecule has 34 heavy (non-hydrogen) atoms. The van der Waals surface area contributed by atoms with Gasteiger partial charge in [-0.1, -0.05) is 42.5 Å². The van der Waals surface area contributed by atoms with Crippen LogP contribution >= 0.6 is 11.8 Å². The molecular formula is C25H26N2O5S2. The summed E-state index contributed by atoms with van der Waals surface area (Å²) >= 11 is 1.65. The molecule has 1 amide bonds. The number of carbonyl (C=O) groups is 1. The molecule has 1 heterocycles. The number of morpholine rings is 1. The summed E-state index contributed by atoms with van der Waals surface area (Å²) < 4.78 is 37.6. The fraction of sp³-hybridized carbons (Fsp3) is 0.240. The summed E-state index contributed by atoms with van der Waals surface area (Å²) in [7, 11) is -3.56. The average molecular weight is 499 g/mol. The summed E-state index contributed by atoms with van der Waals surface area (Å²) in [5.74, 6) is 0.921. The van der Waals surface area contributed by atoms with Crippen LogP contribution in [0.2, 0.25) is 0 Å². The third kappa shape index (κ3) is 6.38. The number of nitrogens with zero attached hydrogens (tertiary/aromatic N) is 1. The van der Waals surface area contributed by atoms with E-state index in [2.05, 4.69) is 17.4 Å². The Morgan fingerprint density at radius 3 is 2.35 bits per heavy atom. The lowest BCUT2D eigenvalue weighted by atomic mass is 10.2. The van der Waals surface area contributed by atoms with Crippen molar-refractivity contribution in [3.63, 3.8) is 0 Å². The number of rotatable bonds is 9. The first-order valence-corrected chi connectivity index (χ1v) is 13.3. The molecule has 178 valence electrons. The highest BCUT2D eigenvalue weighted by molar-refractivity contribution is 7.98. The Labute approximate surface area is 204 Å². The van der Waals surface area contributed by atoms with Crippen molar-refractivity contribution in [2.75, 3.05) is 38.2 Å². The maximum Gasteiger partial charge on any atom is 0.262 e. The number of sulfonamides is 1. The van der Waals surface area contributed by atoms with Crippen LogP contribution in [-0.2, 0) is 25.3 Å². The molecule has 1 aliphatic rings. The van der Waals surface area contributed by atoms with Crippen LogP contribution < -0.4 is 10.1 Å². The molecule has 1 N–H and O–H groups in total. The van der Waals surface area contributed by atoms with E-state index in [4.69, 9.17) is 9.47 Å². The fourth-order valence-electron chi connectivity index (χ4n) is 3.41. The number of nitrogens with one attached hydrogen (secondary N) is 1. The number of amides is 1. The highest BCUT2D eigenvalue weighted by Gasteiger charge is 2.26. The van der Waals surface area contributed by atoms with Crippen LogP contribution in [-0.4, -0.2) is 51.5 Å². The number of hydrogen-bond acceptors (Lipinski definition) is 6. The van der Waals surface area contributed by atoms with Crippen LogP contribution in [0.5, 0.6) is 5.75 Å². The van der Waals surface area contributed by atoms with Gasteiger partial charge in [-0.15, -0.1) is 11.8 Å². The van der Waals surface area contributed by atoms with Crippen molar-refractivity contribution in [2.45, 2.75) is 15.5 Å². The lowest BCUT2D eigenvalue weighted by Crippen LogP contribution is -2.40. The van der Waals surface area contributed by atoms with Gasteiger partial charge in [-0.2, -0.15) is 4.31 Å². The molecule has 0 radical (unpaired) electrons. The van der Waals surface area contributed by atoms with E-state index >= 15 is 0 Å². The highest BCUT2D eigenvalue weighted by Crippen LogP contribution is 2.30. The van der Waals surface area contributed by atoms with Gasteiger partial charge in [0.1, 0.15) is 5.75 Å². The molecule has 1 fully saturated rings. The Balaban J connectivity index is 1.31. The Morgan fingerprint density at radius 2 is 1.62 bits per heavy atom. The fourth-order valence-corrected chi connectivity index (χ4v) is 5.78. The standard InChI is InChI=1S/C25H26N2O5S2/c28-25(26-23-8-4-5-9-24(23)33-19-20-6-2-1-3-7-20)18-32-21-10-12-22(13-11-21)34(29,30)27-14-16-31-17-15-27/h1-13H,14-19H2,(H,26,28). The van der Waals surface area contributed by atoms with Gasteiger partial charge in [0.15, 0.2) is 6.61 Å². The molecule has 0 unspecified atom stereocenters. The van der Waals surface area contributed by atoms with Gasteiger partial charge >= 0.3 is 0 Å². The van der Waals surface area contributed by atoms with Crippen LogP contribution in [0.1, 0.15) is 5.56 Å². The molecule has 7 nitrogen and oxygen atoms in total. The van der Waals surface area contributed by atoms with Crippen molar-refractivity contribution in [1.82, 2.24) is 4.31 Å². The monoisotopic (exact) mass is 498 g/mol. The first kappa shape index (κ1) is 24.3. The molecule has 4 rings (SSSR count). The van der Waals surface area contributed by atoms with Crippen LogP contribution in [0.3, 0.4) is 0 Å². The van der Waals surface area contributed by atoms with E-state index in [-0.39, 0.29) is 17.4 Å². The van der Waals surface area contributed by atoms with Gasteiger partial charge in [-0.3, -0.25) is 4.79 Å². The summed E-state index contributed by atoms with van der Waals surface area (Å²) in [6.45, 7) is 1.28. The second-order valence-electron chi connectivity index (χ2n) is 7.60. The summed E-state index contributed by atoms with van der Waals surface area (Å²) in [5, 5.41) is 2.90. The minimum atomic E-state index is -3.56. The molecule has 0 spiro atoms. The maximum atomic E-state index is 12.7. The summed E-state index contributed by atoms with van der Waals surface area (Å²) in [4.78, 5) is 13.6. The van der Waals surface area contributed by atoms with E-state index in [9.17, 15) is 13.2 Å². The van der Waals surface area contributed by atoms with Crippen molar-refractivity contribution in [3.8, 4) is 5.75 Å². The quantitative estimate of drug-likeness (QED) is 0.449. The Hall–Kier alpha value is -2.85. The topological polar surface area (TPSA) is 84.9 Å². The number of para-hydroxylation sites is 1. The van der Waals surface area contributed by atoms with Crippen molar-refractivity contribution < 1.29 is 22.7 Å². The van der Waals surface area contributed by atoms with Crippen LogP contribution in [0, 0.1) is 0 Å². The summed E-state index contributed by atoms with van der Waals surface area (Å²) in [5.41, 5.74) is 1.93. The van der Waals surface area contributed by atoms with Gasteiger partial charge in [0.05, 0.1) is 23.8 Å². The van der Waals surface area contributed by atoms with Gasteiger partial charge in [-0.05, 0) is 42.0 Å². The highest BCUT2D eigenvalue weighted by atomic mass is 32.2. The second-order valence-corrected chi connectivity index (χ2v) is 10.6. The van der Waals surface area contributed by atoms with Gasteiger partial charge in [0.25, 0.3) is 5.91 Å². The normalized spacial score (nSPS) is 14.5. The average Bonchev–Trinajstić information content (AvgIpc) is 2.88. The Bertz CT molecular complexity index is 1200. The third-order valence-electron chi connectivity index (χ3n) is 5.20. The van der Waals surface area contributed by atoms with Crippen LogP contribution in [0.25, 0.3) is 0 Å². The molecule has 0 aromatic heterocycles. The molecule has 0 aliphatic carbocycles. The molecular weight excluding hydrogens is 472 g/mol. The molecule has 9 heteroatoms. The third-order valence-corrected chi connectivity index (χ3v) is 8.26. The molecule has 0 saturated carbocycles. The smallest absolute Gasteiger partial charge is 0.262 e. The molecule has 1 aliphatic heterocycles. The molecule has 0 atom stereocenters. The second kappa shape index (κ2) is 11.5. The molecule has 3 aromatic rings. The van der Waals surface area contributed by atoms with Crippen molar-refractivity contribution >= 4 is 33.4 Å². The predicted molar refractivity (Wildman–Crippen MR) is 133 cm³/mol. The van der Waals surface area contributed by atoms with Crippen LogP contribution in [0.15, 0.2) is 88.7 Å². The minimum absolute atomic E-state index is 0.187. The lowest BCUT2D eigenvalue weighted by molar-refractivity contribution is -0.118. The summed E-state index contributed by atoms with van der Waals surface area (Å²) in [6, 6.07) is 23.9. The van der Waals surface area contributed by atoms with Crippen LogP contribution in [0.4, 0.5) is 5.69 Å². The van der Waals surface area contributed by atoms with E-state index in [1.165, 1.54) is 22.0 Å². The number of ether oxygens (including phenoxy) is 2.